The van der Waals surface area contributed by atoms with Crippen molar-refractivity contribution in [2.75, 3.05) is 4.90 Å². The van der Waals surface area contributed by atoms with Crippen LogP contribution in [0.25, 0.3) is 76.2 Å². The van der Waals surface area contributed by atoms with Crippen LogP contribution in [0.4, 0.5) is 17.1 Å². The molecule has 0 unspecified atom stereocenters. The fraction of sp³-hybridized carbons (Fsp3) is 0.0612. The van der Waals surface area contributed by atoms with Crippen molar-refractivity contribution in [3.05, 3.63) is 175 Å². The van der Waals surface area contributed by atoms with Crippen LogP contribution in [0.1, 0.15) is 25.0 Å². The van der Waals surface area contributed by atoms with Crippen LogP contribution in [0.15, 0.2) is 168 Å². The van der Waals surface area contributed by atoms with E-state index >= 15 is 0 Å². The molecule has 0 radical (unpaired) electrons. The average molecular weight is 652 g/mol. The minimum absolute atomic E-state index is 0.109. The van der Waals surface area contributed by atoms with Gasteiger partial charge in [-0.3, -0.25) is 0 Å². The van der Waals surface area contributed by atoms with E-state index in [9.17, 15) is 0 Å². The van der Waals surface area contributed by atoms with Crippen molar-refractivity contribution in [3.63, 3.8) is 0 Å². The fourth-order valence-corrected chi connectivity index (χ4v) is 8.98. The van der Waals surface area contributed by atoms with Gasteiger partial charge in [0.25, 0.3) is 0 Å². The Balaban J connectivity index is 1.27. The molecule has 0 fully saturated rings. The van der Waals surface area contributed by atoms with Crippen molar-refractivity contribution in [3.8, 4) is 11.1 Å². The van der Waals surface area contributed by atoms with E-state index in [1.165, 1.54) is 65.3 Å². The zero-order valence-electron chi connectivity index (χ0n) is 28.4. The van der Waals surface area contributed by atoms with Gasteiger partial charge in [0, 0.05) is 27.0 Å². The largest absolute Gasteiger partial charge is 0.454 e. The summed E-state index contributed by atoms with van der Waals surface area (Å²) in [5.41, 5.74) is 10.3. The highest BCUT2D eigenvalue weighted by atomic mass is 16.3. The third-order valence-electron chi connectivity index (χ3n) is 11.4. The van der Waals surface area contributed by atoms with Gasteiger partial charge in [-0.05, 0) is 84.9 Å². The topological polar surface area (TPSA) is 16.4 Å². The van der Waals surface area contributed by atoms with E-state index in [-0.39, 0.29) is 5.41 Å². The van der Waals surface area contributed by atoms with Crippen LogP contribution >= 0.6 is 0 Å². The predicted molar refractivity (Wildman–Crippen MR) is 216 cm³/mol. The molecule has 0 atom stereocenters. The minimum Gasteiger partial charge on any atom is -0.454 e. The molecular weight excluding hydrogens is 619 g/mol. The van der Waals surface area contributed by atoms with Crippen molar-refractivity contribution >= 4 is 82.1 Å². The molecule has 10 aromatic rings. The second-order valence-electron chi connectivity index (χ2n) is 14.5. The Hall–Kier alpha value is -6.38. The minimum atomic E-state index is -0.109. The van der Waals surface area contributed by atoms with Crippen molar-refractivity contribution < 1.29 is 4.42 Å². The van der Waals surface area contributed by atoms with Crippen molar-refractivity contribution in [2.24, 2.45) is 0 Å². The summed E-state index contributed by atoms with van der Waals surface area (Å²) in [6.07, 6.45) is 0. The van der Waals surface area contributed by atoms with Crippen LogP contribution in [-0.2, 0) is 5.41 Å². The lowest BCUT2D eigenvalue weighted by Crippen LogP contribution is -2.14. The number of anilines is 3. The van der Waals surface area contributed by atoms with Gasteiger partial charge in [-0.1, -0.05) is 147 Å². The molecule has 0 bridgehead atoms. The highest BCUT2D eigenvalue weighted by Crippen LogP contribution is 2.53. The molecule has 1 aliphatic carbocycles. The van der Waals surface area contributed by atoms with Gasteiger partial charge < -0.3 is 9.32 Å². The number of furan rings is 1. The molecule has 0 amide bonds. The van der Waals surface area contributed by atoms with Crippen LogP contribution < -0.4 is 4.90 Å². The molecule has 1 heterocycles. The molecule has 51 heavy (non-hydrogen) atoms. The lowest BCUT2D eigenvalue weighted by atomic mass is 9.82. The molecule has 1 aliphatic rings. The quantitative estimate of drug-likeness (QED) is 0.177. The van der Waals surface area contributed by atoms with Gasteiger partial charge in [0.05, 0.1) is 17.1 Å². The first-order valence-electron chi connectivity index (χ1n) is 17.8. The first kappa shape index (κ1) is 28.5. The normalized spacial score (nSPS) is 13.5. The van der Waals surface area contributed by atoms with Crippen molar-refractivity contribution in [2.45, 2.75) is 19.3 Å². The van der Waals surface area contributed by atoms with Gasteiger partial charge in [0.15, 0.2) is 5.58 Å². The predicted octanol–water partition coefficient (Wildman–Crippen LogP) is 14.0. The molecule has 2 nitrogen and oxygen atoms in total. The summed E-state index contributed by atoms with van der Waals surface area (Å²) < 4.78 is 7.08. The lowest BCUT2D eigenvalue weighted by Gasteiger charge is -2.29. The summed E-state index contributed by atoms with van der Waals surface area (Å²) in [6.45, 7) is 4.66. The Labute approximate surface area is 295 Å². The Kier molecular flexibility index (Phi) is 5.76. The molecule has 9 aromatic carbocycles. The molecular formula is C49H33NO. The molecule has 0 spiro atoms. The fourth-order valence-electron chi connectivity index (χ4n) is 8.98. The number of hydrogen-bond acceptors (Lipinski definition) is 2. The van der Waals surface area contributed by atoms with E-state index in [0.29, 0.717) is 0 Å². The SMILES string of the molecule is CC1(C)c2ccccc2-c2cc3c(cc21)oc1c(N(c2cc4ccccc4c4ccccc24)c2cc4ccccc4c4ccccc24)cccc13. The van der Waals surface area contributed by atoms with E-state index in [1.54, 1.807) is 0 Å². The van der Waals surface area contributed by atoms with Crippen LogP contribution in [0.3, 0.4) is 0 Å². The highest BCUT2D eigenvalue weighted by molar-refractivity contribution is 6.21. The zero-order chi connectivity index (χ0) is 33.8. The number of hydrogen-bond donors (Lipinski definition) is 0. The summed E-state index contributed by atoms with van der Waals surface area (Å²) in [5.74, 6) is 0. The van der Waals surface area contributed by atoms with Gasteiger partial charge in [-0.15, -0.1) is 0 Å². The number of rotatable bonds is 3. The van der Waals surface area contributed by atoms with E-state index in [0.717, 1.165) is 39.0 Å². The van der Waals surface area contributed by atoms with Gasteiger partial charge in [0.1, 0.15) is 5.58 Å². The van der Waals surface area contributed by atoms with E-state index in [2.05, 4.69) is 183 Å². The number of para-hydroxylation sites is 1. The molecule has 2 heteroatoms. The summed E-state index contributed by atoms with van der Waals surface area (Å²) in [6, 6.07) is 59.9. The zero-order valence-corrected chi connectivity index (χ0v) is 28.4. The summed E-state index contributed by atoms with van der Waals surface area (Å²) in [4.78, 5) is 2.46. The first-order valence-corrected chi connectivity index (χ1v) is 17.8. The Morgan fingerprint density at radius 3 is 1.57 bits per heavy atom. The molecule has 0 saturated heterocycles. The highest BCUT2D eigenvalue weighted by Gasteiger charge is 2.36. The Bertz CT molecular complexity index is 2950. The number of nitrogens with zero attached hydrogens (tertiary/aromatic N) is 1. The summed E-state index contributed by atoms with van der Waals surface area (Å²) in [7, 11) is 0. The summed E-state index contributed by atoms with van der Waals surface area (Å²) >= 11 is 0. The first-order chi connectivity index (χ1) is 25.1. The Morgan fingerprint density at radius 1 is 0.392 bits per heavy atom. The van der Waals surface area contributed by atoms with Gasteiger partial charge in [-0.2, -0.15) is 0 Å². The van der Waals surface area contributed by atoms with E-state index < -0.39 is 0 Å². The van der Waals surface area contributed by atoms with Crippen molar-refractivity contribution in [1.82, 2.24) is 0 Å². The average Bonchev–Trinajstić information content (AvgIpc) is 3.66. The number of fused-ring (bicyclic) bond motifs is 12. The summed E-state index contributed by atoms with van der Waals surface area (Å²) in [5, 5.41) is 12.0. The molecule has 1 aromatic heterocycles. The van der Waals surface area contributed by atoms with Crippen molar-refractivity contribution in [1.29, 1.82) is 0 Å². The van der Waals surface area contributed by atoms with Crippen LogP contribution in [-0.4, -0.2) is 0 Å². The lowest BCUT2D eigenvalue weighted by molar-refractivity contribution is 0.647. The van der Waals surface area contributed by atoms with E-state index in [1.807, 2.05) is 0 Å². The molecule has 0 N–H and O–H groups in total. The van der Waals surface area contributed by atoms with Gasteiger partial charge >= 0.3 is 0 Å². The molecule has 0 saturated carbocycles. The molecule has 11 rings (SSSR count). The van der Waals surface area contributed by atoms with E-state index in [4.69, 9.17) is 4.42 Å². The second kappa shape index (κ2) is 10.3. The monoisotopic (exact) mass is 651 g/mol. The third kappa shape index (κ3) is 3.93. The maximum atomic E-state index is 7.08. The Morgan fingerprint density at radius 2 is 0.922 bits per heavy atom. The standard InChI is InChI=1S/C49H33NO/c1-49(2)42-24-12-11-20-36(42)40-28-41-39-23-13-25-44(48(39)51-47(41)29-43(40)49)50(45-26-30-14-3-5-16-32(30)34-18-7-9-21-37(34)45)46-27-31-15-4-6-17-33(31)35-19-8-10-22-38(35)46/h3-29H,1-2H3. The van der Waals surface area contributed by atoms with Crippen LogP contribution in [0, 0.1) is 0 Å². The second-order valence-corrected chi connectivity index (χ2v) is 14.5. The van der Waals surface area contributed by atoms with Gasteiger partial charge in [-0.25, -0.2) is 0 Å². The third-order valence-corrected chi connectivity index (χ3v) is 11.4. The number of benzene rings is 9. The molecule has 240 valence electrons. The van der Waals surface area contributed by atoms with Gasteiger partial charge in [0.2, 0.25) is 0 Å². The van der Waals surface area contributed by atoms with Crippen LogP contribution in [0.2, 0.25) is 0 Å². The van der Waals surface area contributed by atoms with Crippen LogP contribution in [0.5, 0.6) is 0 Å². The molecule has 0 aliphatic heterocycles. The maximum Gasteiger partial charge on any atom is 0.159 e. The smallest absolute Gasteiger partial charge is 0.159 e. The maximum absolute atomic E-state index is 7.08.